The van der Waals surface area contributed by atoms with Gasteiger partial charge in [-0.1, -0.05) is 113 Å². The topological polar surface area (TPSA) is 0 Å². The molecule has 0 spiro atoms. The van der Waals surface area contributed by atoms with Crippen LogP contribution in [-0.4, -0.2) is 0 Å². The Morgan fingerprint density at radius 2 is 1.24 bits per heavy atom. The van der Waals surface area contributed by atoms with E-state index in [-0.39, 0.29) is 17.0 Å². The molecule has 3 aromatic rings. The Bertz CT molecular complexity index is 1300. The highest BCUT2D eigenvalue weighted by molar-refractivity contribution is 5.71. The average Bonchev–Trinajstić information content (AvgIpc) is 3.01. The molecule has 3 aromatic carbocycles. The number of benzene rings is 3. The predicted octanol–water partition coefficient (Wildman–Crippen LogP) is 12.5. The van der Waals surface area contributed by atoms with Crippen molar-refractivity contribution in [2.24, 2.45) is 5.92 Å². The van der Waals surface area contributed by atoms with Crippen LogP contribution in [0.2, 0.25) is 0 Å². The first-order chi connectivity index (χ1) is 20.4. The van der Waals surface area contributed by atoms with E-state index >= 15 is 8.78 Å². The van der Waals surface area contributed by atoms with Gasteiger partial charge in [-0.3, -0.25) is 0 Å². The Labute approximate surface area is 250 Å². The quantitative estimate of drug-likeness (QED) is 0.101. The van der Waals surface area contributed by atoms with Crippen LogP contribution in [0.4, 0.5) is 17.6 Å². The van der Waals surface area contributed by atoms with Gasteiger partial charge in [0.15, 0.2) is 23.3 Å². The second kappa shape index (κ2) is 16.1. The van der Waals surface area contributed by atoms with E-state index in [1.54, 1.807) is 48.5 Å². The van der Waals surface area contributed by atoms with Crippen LogP contribution in [0, 0.1) is 29.2 Å². The van der Waals surface area contributed by atoms with Gasteiger partial charge < -0.3 is 0 Å². The molecule has 0 heterocycles. The second-order valence-electron chi connectivity index (χ2n) is 12.0. The minimum absolute atomic E-state index is 0.0562. The number of allylic oxidation sites excluding steroid dienone is 2. The Kier molecular flexibility index (Phi) is 12.3. The van der Waals surface area contributed by atoms with Crippen molar-refractivity contribution >= 4 is 0 Å². The zero-order chi connectivity index (χ0) is 29.9. The molecule has 1 saturated carbocycles. The number of aryl methyl sites for hydroxylation is 1. The minimum Gasteiger partial charge on any atom is -0.203 e. The van der Waals surface area contributed by atoms with E-state index < -0.39 is 23.3 Å². The third kappa shape index (κ3) is 8.14. The first-order valence-electron chi connectivity index (χ1n) is 16.1. The third-order valence-corrected chi connectivity index (χ3v) is 9.09. The lowest BCUT2D eigenvalue weighted by Gasteiger charge is -2.29. The van der Waals surface area contributed by atoms with Crippen molar-refractivity contribution < 1.29 is 17.6 Å². The third-order valence-electron chi connectivity index (χ3n) is 9.09. The van der Waals surface area contributed by atoms with Crippen molar-refractivity contribution in [3.63, 3.8) is 0 Å². The van der Waals surface area contributed by atoms with Crippen LogP contribution in [-0.2, 0) is 6.42 Å². The van der Waals surface area contributed by atoms with E-state index in [4.69, 9.17) is 0 Å². The molecule has 1 aliphatic carbocycles. The molecule has 0 N–H and O–H groups in total. The smallest absolute Gasteiger partial charge is 0.166 e. The average molecular weight is 579 g/mol. The van der Waals surface area contributed by atoms with Crippen LogP contribution in [0.3, 0.4) is 0 Å². The lowest BCUT2D eigenvalue weighted by molar-refractivity contribution is 0.297. The Balaban J connectivity index is 1.38. The summed E-state index contributed by atoms with van der Waals surface area (Å²) in [5.74, 6) is -2.54. The van der Waals surface area contributed by atoms with Crippen LogP contribution in [0.5, 0.6) is 0 Å². The van der Waals surface area contributed by atoms with Crippen molar-refractivity contribution in [2.45, 2.75) is 110 Å². The number of hydrogen-bond donors (Lipinski definition) is 0. The molecule has 0 radical (unpaired) electrons. The van der Waals surface area contributed by atoms with E-state index in [1.165, 1.54) is 44.9 Å². The summed E-state index contributed by atoms with van der Waals surface area (Å²) in [5, 5.41) is 0. The molecule has 4 rings (SSSR count). The summed E-state index contributed by atoms with van der Waals surface area (Å²) in [5.41, 5.74) is 2.18. The zero-order valence-corrected chi connectivity index (χ0v) is 25.3. The maximum Gasteiger partial charge on any atom is 0.166 e. The molecular formula is C38H46F4. The molecule has 4 heteroatoms. The first kappa shape index (κ1) is 32.0. The van der Waals surface area contributed by atoms with Crippen LogP contribution < -0.4 is 0 Å². The summed E-state index contributed by atoms with van der Waals surface area (Å²) in [6.07, 6.45) is 19.0. The van der Waals surface area contributed by atoms with Crippen molar-refractivity contribution in [3.8, 4) is 22.3 Å². The van der Waals surface area contributed by atoms with Gasteiger partial charge in [0.05, 0.1) is 0 Å². The lowest BCUT2D eigenvalue weighted by atomic mass is 9.76. The van der Waals surface area contributed by atoms with Gasteiger partial charge in [0.1, 0.15) is 0 Å². The molecule has 0 aromatic heterocycles. The van der Waals surface area contributed by atoms with Crippen LogP contribution in [0.1, 0.15) is 114 Å². The fraction of sp³-hybridized carbons (Fsp3) is 0.474. The van der Waals surface area contributed by atoms with E-state index in [9.17, 15) is 8.78 Å². The molecular weight excluding hydrogens is 532 g/mol. The van der Waals surface area contributed by atoms with E-state index in [0.29, 0.717) is 34.6 Å². The summed E-state index contributed by atoms with van der Waals surface area (Å²) in [6.45, 7) is 4.17. The maximum atomic E-state index is 15.3. The van der Waals surface area contributed by atoms with Crippen molar-refractivity contribution in [1.29, 1.82) is 0 Å². The van der Waals surface area contributed by atoms with E-state index in [0.717, 1.165) is 38.5 Å². The van der Waals surface area contributed by atoms with Crippen LogP contribution in [0.15, 0.2) is 60.7 Å². The number of rotatable bonds is 14. The summed E-state index contributed by atoms with van der Waals surface area (Å²) in [6, 6.07) is 13.2. The summed E-state index contributed by atoms with van der Waals surface area (Å²) >= 11 is 0. The maximum absolute atomic E-state index is 15.3. The Morgan fingerprint density at radius 1 is 0.643 bits per heavy atom. The fourth-order valence-corrected chi connectivity index (χ4v) is 6.49. The highest BCUT2D eigenvalue weighted by Crippen LogP contribution is 2.40. The van der Waals surface area contributed by atoms with Gasteiger partial charge in [0.2, 0.25) is 0 Å². The van der Waals surface area contributed by atoms with Gasteiger partial charge >= 0.3 is 0 Å². The Morgan fingerprint density at radius 3 is 1.88 bits per heavy atom. The summed E-state index contributed by atoms with van der Waals surface area (Å²) in [4.78, 5) is 0. The van der Waals surface area contributed by atoms with Gasteiger partial charge in [-0.05, 0) is 86.0 Å². The highest BCUT2D eigenvalue weighted by atomic mass is 19.2. The largest absolute Gasteiger partial charge is 0.203 e. The van der Waals surface area contributed by atoms with Gasteiger partial charge in [-0.25, -0.2) is 17.6 Å². The van der Waals surface area contributed by atoms with E-state index in [1.807, 2.05) is 19.1 Å². The number of halogens is 4. The summed E-state index contributed by atoms with van der Waals surface area (Å²) < 4.78 is 60.3. The van der Waals surface area contributed by atoms with Gasteiger partial charge in [-0.15, -0.1) is 0 Å². The SMILES string of the molecule is CC=CCCCc1ccc(-c2ccc(-c3ccc(C4CCC(CCCCCCCC)CC4)c(F)c3F)cc2)c(F)c1F. The summed E-state index contributed by atoms with van der Waals surface area (Å²) in [7, 11) is 0. The van der Waals surface area contributed by atoms with Crippen molar-refractivity contribution in [1.82, 2.24) is 0 Å². The van der Waals surface area contributed by atoms with Gasteiger partial charge in [0, 0.05) is 11.1 Å². The monoisotopic (exact) mass is 578 g/mol. The molecule has 42 heavy (non-hydrogen) atoms. The van der Waals surface area contributed by atoms with Gasteiger partial charge in [-0.2, -0.15) is 0 Å². The fourth-order valence-electron chi connectivity index (χ4n) is 6.49. The molecule has 0 unspecified atom stereocenters. The van der Waals surface area contributed by atoms with E-state index in [2.05, 4.69) is 6.92 Å². The predicted molar refractivity (Wildman–Crippen MR) is 168 cm³/mol. The lowest BCUT2D eigenvalue weighted by Crippen LogP contribution is -2.15. The molecule has 0 bridgehead atoms. The number of unbranched alkanes of at least 4 members (excludes halogenated alkanes) is 6. The molecule has 1 fully saturated rings. The number of hydrogen-bond acceptors (Lipinski definition) is 0. The zero-order valence-electron chi connectivity index (χ0n) is 25.3. The molecule has 0 nitrogen and oxygen atoms in total. The first-order valence-corrected chi connectivity index (χ1v) is 16.1. The highest BCUT2D eigenvalue weighted by Gasteiger charge is 2.26. The van der Waals surface area contributed by atoms with Crippen LogP contribution >= 0.6 is 0 Å². The molecule has 0 aliphatic heterocycles. The normalized spacial score (nSPS) is 17.3. The molecule has 0 amide bonds. The minimum atomic E-state index is -0.880. The molecule has 226 valence electrons. The van der Waals surface area contributed by atoms with Crippen molar-refractivity contribution in [2.75, 3.05) is 0 Å². The molecule has 1 aliphatic rings. The molecule has 0 saturated heterocycles. The second-order valence-corrected chi connectivity index (χ2v) is 12.0. The Hall–Kier alpha value is -2.88. The van der Waals surface area contributed by atoms with Crippen LogP contribution in [0.25, 0.3) is 22.3 Å². The molecule has 0 atom stereocenters. The standard InChI is InChI=1S/C38H46F4/c1-3-5-7-9-10-11-13-27-15-17-28(18-16-27)33-25-26-34(38(42)37(33)41)30-21-19-29(20-22-30)32-24-23-31(35(39)36(32)40)14-12-8-6-4-2/h4,6,19-28H,3,5,7-18H2,1-2H3. The van der Waals surface area contributed by atoms with Crippen molar-refractivity contribution in [3.05, 3.63) is 95.1 Å². The van der Waals surface area contributed by atoms with Gasteiger partial charge in [0.25, 0.3) is 0 Å².